The van der Waals surface area contributed by atoms with Gasteiger partial charge in [-0.1, -0.05) is 18.9 Å². The van der Waals surface area contributed by atoms with Crippen LogP contribution in [0.5, 0.6) is 11.5 Å². The molecule has 1 aliphatic carbocycles. The summed E-state index contributed by atoms with van der Waals surface area (Å²) in [5.41, 5.74) is 1.04. The average Bonchev–Trinajstić information content (AvgIpc) is 3.50. The Labute approximate surface area is 198 Å². The Bertz CT molecular complexity index is 1230. The van der Waals surface area contributed by atoms with Gasteiger partial charge < -0.3 is 24.3 Å². The van der Waals surface area contributed by atoms with Crippen LogP contribution in [0.15, 0.2) is 42.7 Å². The minimum Gasteiger partial charge on any atom is -0.496 e. The van der Waals surface area contributed by atoms with E-state index in [1.165, 1.54) is 0 Å². The molecule has 1 fully saturated rings. The number of amides is 2. The van der Waals surface area contributed by atoms with Crippen molar-refractivity contribution in [3.05, 3.63) is 54.0 Å². The molecule has 0 bridgehead atoms. The number of methoxy groups -OCH3 is 2. The van der Waals surface area contributed by atoms with Crippen LogP contribution >= 0.6 is 0 Å². The number of pyridine rings is 1. The van der Waals surface area contributed by atoms with E-state index in [9.17, 15) is 9.59 Å². The zero-order valence-corrected chi connectivity index (χ0v) is 19.8. The molecule has 8 nitrogen and oxygen atoms in total. The molecule has 3 aromatic rings. The maximum absolute atomic E-state index is 14.0. The van der Waals surface area contributed by atoms with E-state index < -0.39 is 5.54 Å². The normalized spacial score (nSPS) is 20.4. The lowest BCUT2D eigenvalue weighted by Gasteiger charge is -2.44. The van der Waals surface area contributed by atoms with E-state index in [0.717, 1.165) is 42.1 Å². The average molecular weight is 463 g/mol. The molecule has 1 atom stereocenters. The molecule has 1 N–H and O–H groups in total. The summed E-state index contributed by atoms with van der Waals surface area (Å²) in [5.74, 6) is 0.945. The number of hydrogen-bond acceptors (Lipinski definition) is 5. The van der Waals surface area contributed by atoms with E-state index in [0.29, 0.717) is 23.7 Å². The quantitative estimate of drug-likeness (QED) is 0.606. The number of carbonyl (C=O) groups excluding carboxylic acids is 2. The lowest BCUT2D eigenvalue weighted by atomic mass is 9.93. The third-order valence-corrected chi connectivity index (χ3v) is 7.19. The van der Waals surface area contributed by atoms with E-state index in [4.69, 9.17) is 9.47 Å². The van der Waals surface area contributed by atoms with Crippen molar-refractivity contribution in [1.29, 1.82) is 0 Å². The third-order valence-electron chi connectivity index (χ3n) is 7.19. The van der Waals surface area contributed by atoms with Crippen molar-refractivity contribution in [3.63, 3.8) is 0 Å². The van der Waals surface area contributed by atoms with Crippen LogP contribution in [-0.2, 0) is 17.9 Å². The molecule has 8 heteroatoms. The smallest absolute Gasteiger partial charge is 0.271 e. The van der Waals surface area contributed by atoms with Gasteiger partial charge in [-0.05, 0) is 49.6 Å². The number of carbonyl (C=O) groups is 2. The molecule has 0 radical (unpaired) electrons. The standard InChI is InChI=1S/C26H30N4O4/c1-26(25(32)28-18-8-4-5-9-18)16-29-20(24(31)30(26)15-17-7-6-12-27-14-17)13-19-21(33-2)10-11-22(34-3)23(19)29/h6-7,10-14,18H,4-5,8-9,15-16H2,1-3H3,(H,28,32)/t26-/m1/s1. The van der Waals surface area contributed by atoms with E-state index in [2.05, 4.69) is 10.3 Å². The highest BCUT2D eigenvalue weighted by atomic mass is 16.5. The van der Waals surface area contributed by atoms with Gasteiger partial charge in [0.25, 0.3) is 5.91 Å². The highest BCUT2D eigenvalue weighted by Crippen LogP contribution is 2.40. The lowest BCUT2D eigenvalue weighted by molar-refractivity contribution is -0.133. The van der Waals surface area contributed by atoms with Crippen LogP contribution in [-0.4, -0.2) is 52.1 Å². The van der Waals surface area contributed by atoms with Gasteiger partial charge in [0.05, 0.1) is 26.3 Å². The first kappa shape index (κ1) is 22.3. The molecular weight excluding hydrogens is 432 g/mol. The molecule has 1 aromatic carbocycles. The van der Waals surface area contributed by atoms with E-state index in [1.54, 1.807) is 31.5 Å². The molecule has 1 aliphatic heterocycles. The van der Waals surface area contributed by atoms with Crippen molar-refractivity contribution in [3.8, 4) is 11.5 Å². The third kappa shape index (κ3) is 3.57. The molecule has 1 saturated carbocycles. The van der Waals surface area contributed by atoms with Crippen molar-refractivity contribution in [1.82, 2.24) is 19.8 Å². The molecule has 2 aromatic heterocycles. The maximum atomic E-state index is 14.0. The molecular formula is C26H30N4O4. The highest BCUT2D eigenvalue weighted by molar-refractivity contribution is 6.05. The first-order valence-electron chi connectivity index (χ1n) is 11.7. The Morgan fingerprint density at radius 1 is 1.18 bits per heavy atom. The number of rotatable bonds is 6. The monoisotopic (exact) mass is 462 g/mol. The van der Waals surface area contributed by atoms with Crippen LogP contribution in [0, 0.1) is 0 Å². The Hall–Kier alpha value is -3.55. The summed E-state index contributed by atoms with van der Waals surface area (Å²) in [6.07, 6.45) is 7.61. The van der Waals surface area contributed by atoms with Gasteiger partial charge in [0, 0.05) is 30.4 Å². The predicted octanol–water partition coefficient (Wildman–Crippen LogP) is 3.53. The van der Waals surface area contributed by atoms with Crippen LogP contribution in [0.4, 0.5) is 0 Å². The summed E-state index contributed by atoms with van der Waals surface area (Å²) >= 11 is 0. The topological polar surface area (TPSA) is 85.7 Å². The number of benzene rings is 1. The minimum absolute atomic E-state index is 0.133. The summed E-state index contributed by atoms with van der Waals surface area (Å²) < 4.78 is 13.1. The number of hydrogen-bond donors (Lipinski definition) is 1. The SMILES string of the molecule is COc1ccc(OC)c2c1cc1n2C[C@](C)(C(=O)NC2CCCC2)N(Cc2cccnc2)C1=O. The number of nitrogens with one attached hydrogen (secondary N) is 1. The van der Waals surface area contributed by atoms with Gasteiger partial charge in [-0.2, -0.15) is 0 Å². The molecule has 178 valence electrons. The fraction of sp³-hybridized carbons (Fsp3) is 0.423. The predicted molar refractivity (Wildman–Crippen MR) is 128 cm³/mol. The summed E-state index contributed by atoms with van der Waals surface area (Å²) in [6.45, 7) is 2.45. The lowest BCUT2D eigenvalue weighted by Crippen LogP contribution is -2.64. The Morgan fingerprint density at radius 2 is 1.91 bits per heavy atom. The first-order chi connectivity index (χ1) is 16.5. The zero-order chi connectivity index (χ0) is 23.9. The summed E-state index contributed by atoms with van der Waals surface area (Å²) in [6, 6.07) is 9.41. The number of ether oxygens (including phenoxy) is 2. The van der Waals surface area contributed by atoms with Crippen molar-refractivity contribution < 1.29 is 19.1 Å². The fourth-order valence-corrected chi connectivity index (χ4v) is 5.29. The van der Waals surface area contributed by atoms with Gasteiger partial charge in [0.1, 0.15) is 22.7 Å². The molecule has 2 amide bonds. The largest absolute Gasteiger partial charge is 0.496 e. The van der Waals surface area contributed by atoms with Crippen LogP contribution in [0.25, 0.3) is 10.9 Å². The molecule has 0 saturated heterocycles. The Balaban J connectivity index is 1.64. The van der Waals surface area contributed by atoms with Crippen LogP contribution in [0.2, 0.25) is 0 Å². The van der Waals surface area contributed by atoms with E-state index >= 15 is 0 Å². The van der Waals surface area contributed by atoms with Gasteiger partial charge in [0.2, 0.25) is 5.91 Å². The van der Waals surface area contributed by atoms with Crippen LogP contribution in [0.3, 0.4) is 0 Å². The molecule has 34 heavy (non-hydrogen) atoms. The molecule has 3 heterocycles. The summed E-state index contributed by atoms with van der Waals surface area (Å²) in [7, 11) is 3.21. The molecule has 0 unspecified atom stereocenters. The van der Waals surface area contributed by atoms with E-state index in [1.807, 2.05) is 41.8 Å². The molecule has 5 rings (SSSR count). The summed E-state index contributed by atoms with van der Waals surface area (Å²) in [4.78, 5) is 33.6. The van der Waals surface area contributed by atoms with Gasteiger partial charge >= 0.3 is 0 Å². The second kappa shape index (κ2) is 8.66. The van der Waals surface area contributed by atoms with Crippen LogP contribution < -0.4 is 14.8 Å². The molecule has 0 spiro atoms. The van der Waals surface area contributed by atoms with Crippen molar-refractivity contribution in [2.75, 3.05) is 14.2 Å². The van der Waals surface area contributed by atoms with Gasteiger partial charge in [-0.15, -0.1) is 0 Å². The number of aromatic nitrogens is 2. The van der Waals surface area contributed by atoms with Gasteiger partial charge in [0.15, 0.2) is 0 Å². The Kier molecular flexibility index (Phi) is 5.67. The highest BCUT2D eigenvalue weighted by Gasteiger charge is 2.48. The fourth-order valence-electron chi connectivity index (χ4n) is 5.29. The number of fused-ring (bicyclic) bond motifs is 3. The van der Waals surface area contributed by atoms with Gasteiger partial charge in [-0.3, -0.25) is 14.6 Å². The summed E-state index contributed by atoms with van der Waals surface area (Å²) in [5, 5.41) is 4.01. The van der Waals surface area contributed by atoms with Crippen molar-refractivity contribution in [2.45, 2.75) is 57.3 Å². The van der Waals surface area contributed by atoms with Crippen molar-refractivity contribution >= 4 is 22.7 Å². The second-order valence-electron chi connectivity index (χ2n) is 9.33. The van der Waals surface area contributed by atoms with Crippen LogP contribution in [0.1, 0.15) is 48.7 Å². The van der Waals surface area contributed by atoms with Crippen molar-refractivity contribution in [2.24, 2.45) is 0 Å². The Morgan fingerprint density at radius 3 is 2.59 bits per heavy atom. The second-order valence-corrected chi connectivity index (χ2v) is 9.33. The van der Waals surface area contributed by atoms with Gasteiger partial charge in [-0.25, -0.2) is 0 Å². The molecule has 2 aliphatic rings. The maximum Gasteiger partial charge on any atom is 0.271 e. The minimum atomic E-state index is -1.09. The number of nitrogens with zero attached hydrogens (tertiary/aromatic N) is 3. The first-order valence-corrected chi connectivity index (χ1v) is 11.7. The zero-order valence-electron chi connectivity index (χ0n) is 19.8. The van der Waals surface area contributed by atoms with E-state index in [-0.39, 0.29) is 24.4 Å².